The standard InChI is InChI=1S/C22H21N5/c1-2-7-17(8-3-1)9-5-14-23-20-13-16-25-22(27-20)26-19-12-4-10-18-11-6-15-24-21(18)19/h1-4,6-8,10-13,15-16H,5,9,14H2,(H2,23,25,26,27). The van der Waals surface area contributed by atoms with E-state index < -0.39 is 0 Å². The Kier molecular flexibility index (Phi) is 5.20. The van der Waals surface area contributed by atoms with Crippen molar-refractivity contribution in [3.05, 3.63) is 84.7 Å². The van der Waals surface area contributed by atoms with Crippen molar-refractivity contribution in [3.63, 3.8) is 0 Å². The third-order valence-corrected chi connectivity index (χ3v) is 4.33. The Morgan fingerprint density at radius 2 is 1.67 bits per heavy atom. The van der Waals surface area contributed by atoms with Gasteiger partial charge in [0.05, 0.1) is 11.2 Å². The van der Waals surface area contributed by atoms with E-state index in [-0.39, 0.29) is 0 Å². The van der Waals surface area contributed by atoms with Crippen molar-refractivity contribution in [1.82, 2.24) is 15.0 Å². The molecule has 0 amide bonds. The second-order valence-corrected chi connectivity index (χ2v) is 6.29. The van der Waals surface area contributed by atoms with Crippen molar-refractivity contribution in [2.45, 2.75) is 12.8 Å². The van der Waals surface area contributed by atoms with Crippen LogP contribution in [0.5, 0.6) is 0 Å². The van der Waals surface area contributed by atoms with Crippen LogP contribution in [0, 0.1) is 0 Å². The van der Waals surface area contributed by atoms with Gasteiger partial charge in [0, 0.05) is 24.3 Å². The number of nitrogens with one attached hydrogen (secondary N) is 2. The predicted octanol–water partition coefficient (Wildman–Crippen LogP) is 4.81. The van der Waals surface area contributed by atoms with E-state index >= 15 is 0 Å². The largest absolute Gasteiger partial charge is 0.370 e. The van der Waals surface area contributed by atoms with Gasteiger partial charge in [0.1, 0.15) is 5.82 Å². The Balaban J connectivity index is 1.39. The SMILES string of the molecule is c1ccc(CCCNc2ccnc(Nc3cccc4cccnc34)n2)cc1. The van der Waals surface area contributed by atoms with Gasteiger partial charge in [0.15, 0.2) is 0 Å². The van der Waals surface area contributed by atoms with Crippen LogP contribution in [0.4, 0.5) is 17.5 Å². The zero-order valence-electron chi connectivity index (χ0n) is 15.0. The van der Waals surface area contributed by atoms with E-state index in [1.165, 1.54) is 5.56 Å². The van der Waals surface area contributed by atoms with Crippen LogP contribution in [0.1, 0.15) is 12.0 Å². The molecular weight excluding hydrogens is 334 g/mol. The lowest BCUT2D eigenvalue weighted by Crippen LogP contribution is -2.06. The summed E-state index contributed by atoms with van der Waals surface area (Å²) in [5.74, 6) is 1.37. The van der Waals surface area contributed by atoms with Crippen LogP contribution in [0.25, 0.3) is 10.9 Å². The predicted molar refractivity (Wildman–Crippen MR) is 110 cm³/mol. The van der Waals surface area contributed by atoms with Crippen LogP contribution in [-0.4, -0.2) is 21.5 Å². The summed E-state index contributed by atoms with van der Waals surface area (Å²) < 4.78 is 0. The van der Waals surface area contributed by atoms with Gasteiger partial charge in [-0.2, -0.15) is 4.98 Å². The summed E-state index contributed by atoms with van der Waals surface area (Å²) in [6.07, 6.45) is 5.64. The third-order valence-electron chi connectivity index (χ3n) is 4.33. The Morgan fingerprint density at radius 3 is 2.59 bits per heavy atom. The number of pyridine rings is 1. The van der Waals surface area contributed by atoms with Crippen molar-refractivity contribution in [3.8, 4) is 0 Å². The molecule has 5 nitrogen and oxygen atoms in total. The lowest BCUT2D eigenvalue weighted by atomic mass is 10.1. The maximum absolute atomic E-state index is 4.56. The zero-order valence-corrected chi connectivity index (χ0v) is 15.0. The normalized spacial score (nSPS) is 10.7. The van der Waals surface area contributed by atoms with Crippen LogP contribution in [0.3, 0.4) is 0 Å². The van der Waals surface area contributed by atoms with E-state index in [4.69, 9.17) is 0 Å². The molecule has 2 heterocycles. The van der Waals surface area contributed by atoms with E-state index in [1.807, 2.05) is 42.5 Å². The average Bonchev–Trinajstić information content (AvgIpc) is 2.73. The first-order chi connectivity index (χ1) is 13.4. The van der Waals surface area contributed by atoms with Crippen LogP contribution in [-0.2, 0) is 6.42 Å². The summed E-state index contributed by atoms with van der Waals surface area (Å²) in [6.45, 7) is 0.862. The highest BCUT2D eigenvalue weighted by Crippen LogP contribution is 2.23. The van der Waals surface area contributed by atoms with Crippen LogP contribution < -0.4 is 10.6 Å². The van der Waals surface area contributed by atoms with Gasteiger partial charge in [-0.05, 0) is 36.6 Å². The second-order valence-electron chi connectivity index (χ2n) is 6.29. The first-order valence-corrected chi connectivity index (χ1v) is 9.10. The van der Waals surface area contributed by atoms with E-state index in [9.17, 15) is 0 Å². The first-order valence-electron chi connectivity index (χ1n) is 9.10. The van der Waals surface area contributed by atoms with Gasteiger partial charge in [-0.1, -0.05) is 48.5 Å². The Hall–Kier alpha value is -3.47. The molecule has 4 aromatic rings. The summed E-state index contributed by atoms with van der Waals surface area (Å²) >= 11 is 0. The molecule has 0 aliphatic carbocycles. The molecule has 0 radical (unpaired) electrons. The molecule has 2 N–H and O–H groups in total. The maximum Gasteiger partial charge on any atom is 0.229 e. The number of nitrogens with zero attached hydrogens (tertiary/aromatic N) is 3. The van der Waals surface area contributed by atoms with Crippen molar-refractivity contribution in [2.75, 3.05) is 17.2 Å². The summed E-state index contributed by atoms with van der Waals surface area (Å²) in [5.41, 5.74) is 3.16. The number of para-hydroxylation sites is 1. The summed E-state index contributed by atoms with van der Waals surface area (Å²) in [7, 11) is 0. The lowest BCUT2D eigenvalue weighted by Gasteiger charge is -2.10. The summed E-state index contributed by atoms with van der Waals surface area (Å²) in [6, 6.07) is 22.4. The molecule has 134 valence electrons. The number of anilines is 3. The quantitative estimate of drug-likeness (QED) is 0.466. The van der Waals surface area contributed by atoms with E-state index in [0.29, 0.717) is 5.95 Å². The monoisotopic (exact) mass is 355 g/mol. The fraction of sp³-hybridized carbons (Fsp3) is 0.136. The zero-order chi connectivity index (χ0) is 18.3. The number of rotatable bonds is 7. The van der Waals surface area contributed by atoms with Crippen molar-refractivity contribution < 1.29 is 0 Å². The first kappa shape index (κ1) is 17.0. The van der Waals surface area contributed by atoms with Crippen LogP contribution in [0.2, 0.25) is 0 Å². The van der Waals surface area contributed by atoms with Gasteiger partial charge in [-0.3, -0.25) is 4.98 Å². The van der Waals surface area contributed by atoms with Gasteiger partial charge >= 0.3 is 0 Å². The highest BCUT2D eigenvalue weighted by molar-refractivity contribution is 5.91. The molecule has 0 saturated heterocycles. The molecule has 0 aliphatic heterocycles. The third kappa shape index (κ3) is 4.39. The number of fused-ring (bicyclic) bond motifs is 1. The number of benzene rings is 2. The Bertz CT molecular complexity index is 1010. The molecule has 0 aliphatic rings. The highest BCUT2D eigenvalue weighted by atomic mass is 15.1. The van der Waals surface area contributed by atoms with Crippen molar-refractivity contribution in [1.29, 1.82) is 0 Å². The smallest absolute Gasteiger partial charge is 0.229 e. The molecule has 2 aromatic heterocycles. The topological polar surface area (TPSA) is 62.7 Å². The van der Waals surface area contributed by atoms with Gasteiger partial charge in [-0.15, -0.1) is 0 Å². The fourth-order valence-corrected chi connectivity index (χ4v) is 3.00. The van der Waals surface area contributed by atoms with Gasteiger partial charge in [0.2, 0.25) is 5.95 Å². The maximum atomic E-state index is 4.56. The molecule has 0 fully saturated rings. The van der Waals surface area contributed by atoms with Crippen LogP contribution in [0.15, 0.2) is 79.1 Å². The average molecular weight is 355 g/mol. The molecule has 0 bridgehead atoms. The molecule has 4 rings (SSSR count). The summed E-state index contributed by atoms with van der Waals surface area (Å²) in [4.78, 5) is 13.3. The van der Waals surface area contributed by atoms with E-state index in [1.54, 1.807) is 12.4 Å². The van der Waals surface area contributed by atoms with E-state index in [0.717, 1.165) is 41.8 Å². The van der Waals surface area contributed by atoms with Gasteiger partial charge in [0.25, 0.3) is 0 Å². The van der Waals surface area contributed by atoms with Gasteiger partial charge < -0.3 is 10.6 Å². The number of hydrogen-bond donors (Lipinski definition) is 2. The van der Waals surface area contributed by atoms with E-state index in [2.05, 4.69) is 49.9 Å². The highest BCUT2D eigenvalue weighted by Gasteiger charge is 2.04. The Morgan fingerprint density at radius 1 is 0.778 bits per heavy atom. The number of hydrogen-bond acceptors (Lipinski definition) is 5. The van der Waals surface area contributed by atoms with Crippen molar-refractivity contribution >= 4 is 28.4 Å². The minimum atomic E-state index is 0.557. The number of aromatic nitrogens is 3. The molecule has 0 atom stereocenters. The molecule has 27 heavy (non-hydrogen) atoms. The second kappa shape index (κ2) is 8.27. The minimum absolute atomic E-state index is 0.557. The Labute approximate surface area is 158 Å². The molecule has 5 heteroatoms. The molecule has 2 aromatic carbocycles. The minimum Gasteiger partial charge on any atom is -0.370 e. The lowest BCUT2D eigenvalue weighted by molar-refractivity contribution is 0.858. The molecule has 0 spiro atoms. The van der Waals surface area contributed by atoms with Crippen LogP contribution >= 0.6 is 0 Å². The van der Waals surface area contributed by atoms with Crippen molar-refractivity contribution in [2.24, 2.45) is 0 Å². The summed E-state index contributed by atoms with van der Waals surface area (Å²) in [5, 5.41) is 7.73. The molecular formula is C22H21N5. The fourth-order valence-electron chi connectivity index (χ4n) is 3.00. The molecule has 0 unspecified atom stereocenters. The molecule has 0 saturated carbocycles. The van der Waals surface area contributed by atoms with Gasteiger partial charge in [-0.25, -0.2) is 4.98 Å². The number of aryl methyl sites for hydroxylation is 1.